The fraction of sp³-hybridized carbons (Fsp3) is 0.800. The summed E-state index contributed by atoms with van der Waals surface area (Å²) in [5.74, 6) is 0. The van der Waals surface area contributed by atoms with Gasteiger partial charge in [0.2, 0.25) is 0 Å². The van der Waals surface area contributed by atoms with Crippen LogP contribution in [-0.2, 0) is 4.74 Å². The zero-order valence-corrected chi connectivity index (χ0v) is 8.29. The Labute approximate surface area is 75.2 Å². The summed E-state index contributed by atoms with van der Waals surface area (Å²) in [6, 6.07) is 0.528. The van der Waals surface area contributed by atoms with E-state index in [1.807, 2.05) is 0 Å². The minimum absolute atomic E-state index is 0.330. The van der Waals surface area contributed by atoms with Crippen molar-refractivity contribution in [1.82, 2.24) is 4.90 Å². The monoisotopic (exact) mass is 169 g/mol. The highest BCUT2D eigenvalue weighted by molar-refractivity contribution is 4.93. The van der Waals surface area contributed by atoms with Crippen molar-refractivity contribution in [3.8, 4) is 0 Å². The van der Waals surface area contributed by atoms with E-state index in [1.54, 1.807) is 7.11 Å². The minimum Gasteiger partial charge on any atom is -0.380 e. The maximum Gasteiger partial charge on any atom is 0.0695 e. The van der Waals surface area contributed by atoms with E-state index in [4.69, 9.17) is 4.74 Å². The van der Waals surface area contributed by atoms with E-state index in [-0.39, 0.29) is 0 Å². The van der Waals surface area contributed by atoms with Gasteiger partial charge in [-0.15, -0.1) is 0 Å². The molecule has 0 amide bonds. The molecular formula is C10H19NO. The van der Waals surface area contributed by atoms with Crippen LogP contribution in [0.25, 0.3) is 0 Å². The molecule has 0 spiro atoms. The first-order valence-corrected chi connectivity index (χ1v) is 4.67. The fourth-order valence-electron chi connectivity index (χ4n) is 1.52. The van der Waals surface area contributed by atoms with Gasteiger partial charge in [0.25, 0.3) is 0 Å². The normalized spacial score (nSPS) is 23.9. The van der Waals surface area contributed by atoms with Gasteiger partial charge >= 0.3 is 0 Å². The van der Waals surface area contributed by atoms with Crippen LogP contribution >= 0.6 is 0 Å². The van der Waals surface area contributed by atoms with Gasteiger partial charge in [0.15, 0.2) is 0 Å². The van der Waals surface area contributed by atoms with Crippen molar-refractivity contribution >= 4 is 0 Å². The van der Waals surface area contributed by atoms with E-state index >= 15 is 0 Å². The SMILES string of the molecule is COC(C)C(C)N1CC=CCC1. The molecule has 2 nitrogen and oxygen atoms in total. The molecule has 2 unspecified atom stereocenters. The summed E-state index contributed by atoms with van der Waals surface area (Å²) < 4.78 is 5.30. The highest BCUT2D eigenvalue weighted by atomic mass is 16.5. The first-order valence-electron chi connectivity index (χ1n) is 4.67. The van der Waals surface area contributed by atoms with Gasteiger partial charge in [-0.05, 0) is 20.3 Å². The lowest BCUT2D eigenvalue weighted by Gasteiger charge is -2.32. The van der Waals surface area contributed by atoms with Gasteiger partial charge in [-0.2, -0.15) is 0 Å². The zero-order valence-electron chi connectivity index (χ0n) is 8.29. The second-order valence-corrected chi connectivity index (χ2v) is 3.44. The Morgan fingerprint density at radius 3 is 2.58 bits per heavy atom. The molecule has 0 bridgehead atoms. The van der Waals surface area contributed by atoms with E-state index < -0.39 is 0 Å². The fourth-order valence-corrected chi connectivity index (χ4v) is 1.52. The topological polar surface area (TPSA) is 12.5 Å². The van der Waals surface area contributed by atoms with Crippen molar-refractivity contribution in [2.24, 2.45) is 0 Å². The summed E-state index contributed by atoms with van der Waals surface area (Å²) in [6.07, 6.45) is 6.00. The maximum absolute atomic E-state index is 5.30. The van der Waals surface area contributed by atoms with E-state index in [0.717, 1.165) is 6.54 Å². The van der Waals surface area contributed by atoms with Crippen LogP contribution in [0, 0.1) is 0 Å². The second-order valence-electron chi connectivity index (χ2n) is 3.44. The summed E-state index contributed by atoms with van der Waals surface area (Å²) in [6.45, 7) is 6.61. The van der Waals surface area contributed by atoms with Crippen molar-refractivity contribution in [1.29, 1.82) is 0 Å². The van der Waals surface area contributed by atoms with Gasteiger partial charge in [0, 0.05) is 26.2 Å². The molecule has 70 valence electrons. The molecule has 1 aliphatic heterocycles. The molecule has 2 heteroatoms. The summed E-state index contributed by atoms with van der Waals surface area (Å²) in [7, 11) is 1.78. The van der Waals surface area contributed by atoms with Crippen molar-refractivity contribution in [3.05, 3.63) is 12.2 Å². The van der Waals surface area contributed by atoms with Crippen LogP contribution in [0.1, 0.15) is 20.3 Å². The number of hydrogen-bond acceptors (Lipinski definition) is 2. The van der Waals surface area contributed by atoms with E-state index in [9.17, 15) is 0 Å². The average molecular weight is 169 g/mol. The number of methoxy groups -OCH3 is 1. The minimum atomic E-state index is 0.330. The first kappa shape index (κ1) is 9.75. The quantitative estimate of drug-likeness (QED) is 0.596. The Morgan fingerprint density at radius 1 is 1.33 bits per heavy atom. The summed E-state index contributed by atoms with van der Waals surface area (Å²) >= 11 is 0. The van der Waals surface area contributed by atoms with Gasteiger partial charge < -0.3 is 4.74 Å². The van der Waals surface area contributed by atoms with Crippen LogP contribution < -0.4 is 0 Å². The molecule has 1 heterocycles. The third kappa shape index (κ3) is 2.32. The summed E-state index contributed by atoms with van der Waals surface area (Å²) in [5, 5.41) is 0. The molecule has 1 rings (SSSR count). The number of nitrogens with zero attached hydrogens (tertiary/aromatic N) is 1. The summed E-state index contributed by atoms with van der Waals surface area (Å²) in [5.41, 5.74) is 0. The van der Waals surface area contributed by atoms with Crippen LogP contribution in [0.3, 0.4) is 0 Å². The van der Waals surface area contributed by atoms with Crippen LogP contribution in [0.2, 0.25) is 0 Å². The van der Waals surface area contributed by atoms with E-state index in [0.29, 0.717) is 12.1 Å². The highest BCUT2D eigenvalue weighted by Crippen LogP contribution is 2.10. The van der Waals surface area contributed by atoms with Crippen LogP contribution in [0.15, 0.2) is 12.2 Å². The zero-order chi connectivity index (χ0) is 8.97. The Balaban J connectivity index is 2.40. The molecule has 0 aromatic carbocycles. The molecule has 0 aliphatic carbocycles. The third-order valence-corrected chi connectivity index (χ3v) is 2.72. The lowest BCUT2D eigenvalue weighted by molar-refractivity contribution is 0.0373. The molecular weight excluding hydrogens is 150 g/mol. The Kier molecular flexibility index (Phi) is 3.76. The molecule has 1 aliphatic rings. The lowest BCUT2D eigenvalue weighted by atomic mass is 10.1. The van der Waals surface area contributed by atoms with E-state index in [1.165, 1.54) is 13.0 Å². The van der Waals surface area contributed by atoms with Crippen molar-refractivity contribution in [2.75, 3.05) is 20.2 Å². The smallest absolute Gasteiger partial charge is 0.0695 e. The average Bonchev–Trinajstić information content (AvgIpc) is 2.17. The third-order valence-electron chi connectivity index (χ3n) is 2.72. The summed E-state index contributed by atoms with van der Waals surface area (Å²) in [4.78, 5) is 2.45. The van der Waals surface area contributed by atoms with Gasteiger partial charge in [0.1, 0.15) is 0 Å². The standard InChI is InChI=1S/C10H19NO/c1-9(10(2)12-3)11-7-5-4-6-8-11/h4-5,9-10H,6-8H2,1-3H3. The number of ether oxygens (including phenoxy) is 1. The molecule has 0 aromatic heterocycles. The molecule has 0 aromatic rings. The number of rotatable bonds is 3. The van der Waals surface area contributed by atoms with Crippen LogP contribution in [0.5, 0.6) is 0 Å². The Hall–Kier alpha value is -0.340. The second kappa shape index (κ2) is 4.63. The van der Waals surface area contributed by atoms with E-state index in [2.05, 4.69) is 30.9 Å². The van der Waals surface area contributed by atoms with Gasteiger partial charge in [0.05, 0.1) is 6.10 Å². The molecule has 0 saturated heterocycles. The van der Waals surface area contributed by atoms with Crippen molar-refractivity contribution in [2.45, 2.75) is 32.4 Å². The first-order chi connectivity index (χ1) is 5.75. The largest absolute Gasteiger partial charge is 0.380 e. The van der Waals surface area contributed by atoms with Crippen LogP contribution in [-0.4, -0.2) is 37.2 Å². The Morgan fingerprint density at radius 2 is 2.08 bits per heavy atom. The number of hydrogen-bond donors (Lipinski definition) is 0. The van der Waals surface area contributed by atoms with Gasteiger partial charge in [-0.25, -0.2) is 0 Å². The molecule has 0 saturated carbocycles. The molecule has 0 fully saturated rings. The van der Waals surface area contributed by atoms with Gasteiger partial charge in [-0.3, -0.25) is 4.90 Å². The molecule has 12 heavy (non-hydrogen) atoms. The lowest BCUT2D eigenvalue weighted by Crippen LogP contribution is -2.42. The van der Waals surface area contributed by atoms with Crippen LogP contribution in [0.4, 0.5) is 0 Å². The molecule has 0 radical (unpaired) electrons. The van der Waals surface area contributed by atoms with Gasteiger partial charge in [-0.1, -0.05) is 12.2 Å². The molecule has 2 atom stereocenters. The predicted octanol–water partition coefficient (Wildman–Crippen LogP) is 1.67. The van der Waals surface area contributed by atoms with Crippen molar-refractivity contribution < 1.29 is 4.74 Å². The maximum atomic E-state index is 5.30. The predicted molar refractivity (Wildman–Crippen MR) is 51.3 cm³/mol. The Bertz CT molecular complexity index is 156. The highest BCUT2D eigenvalue weighted by Gasteiger charge is 2.19. The molecule has 0 N–H and O–H groups in total. The van der Waals surface area contributed by atoms with Crippen molar-refractivity contribution in [3.63, 3.8) is 0 Å².